The van der Waals surface area contributed by atoms with Gasteiger partial charge < -0.3 is 10.5 Å². The molecule has 2 aromatic rings. The molecule has 0 aliphatic heterocycles. The lowest BCUT2D eigenvalue weighted by Gasteiger charge is -2.08. The second kappa shape index (κ2) is 4.97. The number of halogens is 1. The Morgan fingerprint density at radius 3 is 2.71 bits per heavy atom. The molecule has 2 rings (SSSR count). The number of hydrogen-bond donors (Lipinski definition) is 1. The number of nitrogens with two attached hydrogens (primary N) is 1. The Balaban J connectivity index is 2.31. The number of anilines is 1. The van der Waals surface area contributed by atoms with E-state index in [0.29, 0.717) is 5.75 Å². The molecule has 0 spiro atoms. The van der Waals surface area contributed by atoms with E-state index < -0.39 is 0 Å². The van der Waals surface area contributed by atoms with Crippen LogP contribution in [0.5, 0.6) is 11.8 Å². The summed E-state index contributed by atoms with van der Waals surface area (Å²) < 4.78 is 5.54. The smallest absolute Gasteiger partial charge is 0.328 e. The van der Waals surface area contributed by atoms with Crippen LogP contribution >= 0.6 is 11.6 Å². The molecule has 1 aromatic heterocycles. The summed E-state index contributed by atoms with van der Waals surface area (Å²) >= 11 is 5.67. The lowest BCUT2D eigenvalue weighted by molar-refractivity contribution is 0.436. The first kappa shape index (κ1) is 11.6. The maximum atomic E-state index is 5.67. The predicted molar refractivity (Wildman–Crippen MR) is 65.1 cm³/mol. The molecular weight excluding hydrogens is 240 g/mol. The van der Waals surface area contributed by atoms with Gasteiger partial charge in [0.25, 0.3) is 0 Å². The average molecular weight is 251 g/mol. The Morgan fingerprint density at radius 1 is 1.24 bits per heavy atom. The van der Waals surface area contributed by atoms with Gasteiger partial charge in [-0.3, -0.25) is 0 Å². The summed E-state index contributed by atoms with van der Waals surface area (Å²) in [6, 6.07) is 7.73. The average Bonchev–Trinajstić information content (AvgIpc) is 2.28. The molecule has 0 saturated heterocycles. The minimum atomic E-state index is 0.0153. The van der Waals surface area contributed by atoms with E-state index in [0.717, 1.165) is 12.0 Å². The van der Waals surface area contributed by atoms with E-state index in [-0.39, 0.29) is 17.2 Å². The SMILES string of the molecule is CCc1ccccc1Oc1nc(N)nc(Cl)n1. The van der Waals surface area contributed by atoms with Crippen molar-refractivity contribution in [2.24, 2.45) is 0 Å². The molecule has 0 bridgehead atoms. The highest BCUT2D eigenvalue weighted by molar-refractivity contribution is 6.28. The van der Waals surface area contributed by atoms with Crippen LogP contribution in [-0.2, 0) is 6.42 Å². The van der Waals surface area contributed by atoms with Crippen LogP contribution in [0.2, 0.25) is 5.28 Å². The number of benzene rings is 1. The number of aromatic nitrogens is 3. The predicted octanol–water partition coefficient (Wildman–Crippen LogP) is 2.46. The van der Waals surface area contributed by atoms with Crippen molar-refractivity contribution in [3.05, 3.63) is 35.1 Å². The van der Waals surface area contributed by atoms with Crippen LogP contribution in [0.3, 0.4) is 0 Å². The molecule has 0 fully saturated rings. The van der Waals surface area contributed by atoms with Crippen LogP contribution in [0.25, 0.3) is 0 Å². The zero-order chi connectivity index (χ0) is 12.3. The van der Waals surface area contributed by atoms with Crippen LogP contribution in [0, 0.1) is 0 Å². The Hall–Kier alpha value is -1.88. The van der Waals surface area contributed by atoms with Gasteiger partial charge in [0.05, 0.1) is 0 Å². The summed E-state index contributed by atoms with van der Waals surface area (Å²) in [5.74, 6) is 0.727. The Labute approximate surface area is 104 Å². The number of hydrogen-bond acceptors (Lipinski definition) is 5. The van der Waals surface area contributed by atoms with E-state index in [2.05, 4.69) is 15.0 Å². The molecule has 0 atom stereocenters. The summed E-state index contributed by atoms with van der Waals surface area (Å²) in [7, 11) is 0. The summed E-state index contributed by atoms with van der Waals surface area (Å²) in [6.45, 7) is 2.04. The van der Waals surface area contributed by atoms with Crippen molar-refractivity contribution in [2.75, 3.05) is 5.73 Å². The zero-order valence-corrected chi connectivity index (χ0v) is 9.98. The van der Waals surface area contributed by atoms with Gasteiger partial charge >= 0.3 is 6.01 Å². The molecule has 0 radical (unpaired) electrons. The lowest BCUT2D eigenvalue weighted by Crippen LogP contribution is -2.01. The molecule has 0 saturated carbocycles. The highest BCUT2D eigenvalue weighted by Crippen LogP contribution is 2.23. The summed E-state index contributed by atoms with van der Waals surface area (Å²) in [5.41, 5.74) is 6.51. The molecule has 6 heteroatoms. The number of para-hydroxylation sites is 1. The van der Waals surface area contributed by atoms with Crippen molar-refractivity contribution in [3.8, 4) is 11.8 Å². The van der Waals surface area contributed by atoms with Crippen molar-refractivity contribution < 1.29 is 4.74 Å². The van der Waals surface area contributed by atoms with E-state index >= 15 is 0 Å². The monoisotopic (exact) mass is 250 g/mol. The highest BCUT2D eigenvalue weighted by Gasteiger charge is 2.07. The van der Waals surface area contributed by atoms with Crippen molar-refractivity contribution in [2.45, 2.75) is 13.3 Å². The van der Waals surface area contributed by atoms with Crippen LogP contribution < -0.4 is 10.5 Å². The zero-order valence-electron chi connectivity index (χ0n) is 9.22. The second-order valence-corrected chi connectivity index (χ2v) is 3.65. The van der Waals surface area contributed by atoms with Gasteiger partial charge in [-0.2, -0.15) is 15.0 Å². The van der Waals surface area contributed by atoms with Gasteiger partial charge in [-0.15, -0.1) is 0 Å². The highest BCUT2D eigenvalue weighted by atomic mass is 35.5. The molecule has 2 N–H and O–H groups in total. The normalized spacial score (nSPS) is 10.2. The standard InChI is InChI=1S/C11H11ClN4O/c1-2-7-5-3-4-6-8(7)17-11-15-9(12)14-10(13)16-11/h3-6H,2H2,1H3,(H2,13,14,15,16). The van der Waals surface area contributed by atoms with Gasteiger partial charge in [-0.05, 0) is 29.7 Å². The van der Waals surface area contributed by atoms with Gasteiger partial charge in [0.15, 0.2) is 0 Å². The van der Waals surface area contributed by atoms with Gasteiger partial charge in [-0.1, -0.05) is 25.1 Å². The molecule has 88 valence electrons. The van der Waals surface area contributed by atoms with E-state index in [1.165, 1.54) is 0 Å². The molecule has 0 aliphatic carbocycles. The number of ether oxygens (including phenoxy) is 1. The summed E-state index contributed by atoms with van der Waals surface area (Å²) in [6.07, 6.45) is 0.852. The minimum absolute atomic E-state index is 0.0153. The van der Waals surface area contributed by atoms with Crippen LogP contribution in [0.1, 0.15) is 12.5 Å². The fraction of sp³-hybridized carbons (Fsp3) is 0.182. The second-order valence-electron chi connectivity index (χ2n) is 3.31. The third-order valence-corrected chi connectivity index (χ3v) is 2.33. The molecule has 0 unspecified atom stereocenters. The number of aryl methyl sites for hydroxylation is 1. The maximum Gasteiger partial charge on any atom is 0.328 e. The molecule has 0 amide bonds. The third-order valence-electron chi connectivity index (χ3n) is 2.16. The van der Waals surface area contributed by atoms with Gasteiger partial charge in [0, 0.05) is 0 Å². The third kappa shape index (κ3) is 2.82. The first-order valence-electron chi connectivity index (χ1n) is 5.12. The van der Waals surface area contributed by atoms with E-state index in [4.69, 9.17) is 22.1 Å². The van der Waals surface area contributed by atoms with Crippen molar-refractivity contribution >= 4 is 17.5 Å². The van der Waals surface area contributed by atoms with Crippen LogP contribution in [0.15, 0.2) is 24.3 Å². The Kier molecular flexibility index (Phi) is 3.39. The maximum absolute atomic E-state index is 5.67. The minimum Gasteiger partial charge on any atom is -0.424 e. The molecule has 5 nitrogen and oxygen atoms in total. The van der Waals surface area contributed by atoms with Gasteiger partial charge in [0.2, 0.25) is 11.2 Å². The number of rotatable bonds is 3. The molecular formula is C11H11ClN4O. The van der Waals surface area contributed by atoms with Crippen molar-refractivity contribution in [1.29, 1.82) is 0 Å². The molecule has 17 heavy (non-hydrogen) atoms. The van der Waals surface area contributed by atoms with Crippen LogP contribution in [0.4, 0.5) is 5.95 Å². The van der Waals surface area contributed by atoms with Gasteiger partial charge in [-0.25, -0.2) is 0 Å². The summed E-state index contributed by atoms with van der Waals surface area (Å²) in [5, 5.41) is 0.0153. The fourth-order valence-corrected chi connectivity index (χ4v) is 1.54. The van der Waals surface area contributed by atoms with E-state index in [1.54, 1.807) is 0 Å². The van der Waals surface area contributed by atoms with E-state index in [1.807, 2.05) is 31.2 Å². The van der Waals surface area contributed by atoms with Gasteiger partial charge in [0.1, 0.15) is 5.75 Å². The number of nitrogens with zero attached hydrogens (tertiary/aromatic N) is 3. The quantitative estimate of drug-likeness (QED) is 0.906. The largest absolute Gasteiger partial charge is 0.424 e. The van der Waals surface area contributed by atoms with Crippen LogP contribution in [-0.4, -0.2) is 15.0 Å². The molecule has 0 aliphatic rings. The van der Waals surface area contributed by atoms with Crippen molar-refractivity contribution in [1.82, 2.24) is 15.0 Å². The van der Waals surface area contributed by atoms with E-state index in [9.17, 15) is 0 Å². The first-order chi connectivity index (χ1) is 8.19. The lowest BCUT2D eigenvalue weighted by atomic mass is 10.1. The molecule has 1 aromatic carbocycles. The fourth-order valence-electron chi connectivity index (χ4n) is 1.39. The topological polar surface area (TPSA) is 73.9 Å². The van der Waals surface area contributed by atoms with Crippen molar-refractivity contribution in [3.63, 3.8) is 0 Å². The molecule has 1 heterocycles. The first-order valence-corrected chi connectivity index (χ1v) is 5.49. The summed E-state index contributed by atoms with van der Waals surface area (Å²) in [4.78, 5) is 11.4. The number of nitrogen functional groups attached to an aromatic ring is 1. The Morgan fingerprint density at radius 2 is 2.00 bits per heavy atom. The Bertz CT molecular complexity index is 512.